The first-order valence-electron chi connectivity index (χ1n) is 7.63. The second kappa shape index (κ2) is 8.30. The number of sulfonamides is 1. The van der Waals surface area contributed by atoms with Crippen molar-refractivity contribution in [1.29, 1.82) is 0 Å². The fourth-order valence-corrected chi connectivity index (χ4v) is 3.27. The smallest absolute Gasteiger partial charge is 0.303 e. The molecule has 1 aliphatic rings. The predicted molar refractivity (Wildman–Crippen MR) is 88.4 cm³/mol. The monoisotopic (exact) mass is 385 g/mol. The summed E-state index contributed by atoms with van der Waals surface area (Å²) in [5.74, 6) is -1.17. The van der Waals surface area contributed by atoms with Crippen LogP contribution in [0.1, 0.15) is 13.8 Å². The molecule has 0 amide bonds. The van der Waals surface area contributed by atoms with Crippen molar-refractivity contribution in [3.63, 3.8) is 0 Å². The van der Waals surface area contributed by atoms with E-state index in [9.17, 15) is 23.1 Å². The van der Waals surface area contributed by atoms with Gasteiger partial charge in [0.2, 0.25) is 10.0 Å². The summed E-state index contributed by atoms with van der Waals surface area (Å²) in [5.41, 5.74) is 0. The van der Waals surface area contributed by atoms with Gasteiger partial charge in [-0.15, -0.1) is 0 Å². The lowest BCUT2D eigenvalue weighted by Gasteiger charge is -2.31. The number of carbonyl (C=O) groups excluding carboxylic acids is 2. The number of phenolic OH excluding ortho intramolecular Hbond substituents is 1. The first-order valence-corrected chi connectivity index (χ1v) is 9.11. The van der Waals surface area contributed by atoms with Crippen molar-refractivity contribution in [1.82, 2.24) is 4.72 Å². The summed E-state index contributed by atoms with van der Waals surface area (Å²) in [6.45, 7) is 2.22. The molecule has 3 atom stereocenters. The van der Waals surface area contributed by atoms with Gasteiger partial charge in [-0.25, -0.2) is 8.42 Å². The Morgan fingerprint density at radius 1 is 1.15 bits per heavy atom. The zero-order valence-electron chi connectivity index (χ0n) is 14.1. The molecule has 2 rings (SSSR count). The first kappa shape index (κ1) is 19.9. The Bertz CT molecular complexity index is 787. The average Bonchev–Trinajstić information content (AvgIpc) is 2.54. The Morgan fingerprint density at radius 2 is 1.81 bits per heavy atom. The minimum absolute atomic E-state index is 0.0639. The number of benzene rings is 1. The van der Waals surface area contributed by atoms with Crippen LogP contribution in [0, 0.1) is 0 Å². The molecule has 0 fully saturated rings. The van der Waals surface area contributed by atoms with E-state index in [-0.39, 0.29) is 17.3 Å². The maximum Gasteiger partial charge on any atom is 0.303 e. The van der Waals surface area contributed by atoms with Crippen molar-refractivity contribution in [2.45, 2.75) is 37.2 Å². The van der Waals surface area contributed by atoms with E-state index in [1.54, 1.807) is 0 Å². The highest BCUT2D eigenvalue weighted by molar-refractivity contribution is 7.89. The zero-order chi connectivity index (χ0) is 19.3. The average molecular weight is 385 g/mol. The van der Waals surface area contributed by atoms with Crippen LogP contribution in [0.3, 0.4) is 0 Å². The van der Waals surface area contributed by atoms with Gasteiger partial charge in [0.05, 0.1) is 4.90 Å². The molecule has 2 N–H and O–H groups in total. The van der Waals surface area contributed by atoms with E-state index in [1.807, 2.05) is 0 Å². The second-order valence-corrected chi connectivity index (χ2v) is 7.19. The fraction of sp³-hybridized carbons (Fsp3) is 0.375. The first-order chi connectivity index (χ1) is 12.2. The van der Waals surface area contributed by atoms with Crippen molar-refractivity contribution in [3.8, 4) is 5.75 Å². The van der Waals surface area contributed by atoms with Gasteiger partial charge >= 0.3 is 11.9 Å². The van der Waals surface area contributed by atoms with Gasteiger partial charge in [-0.1, -0.05) is 0 Å². The molecule has 1 aromatic rings. The second-order valence-electron chi connectivity index (χ2n) is 5.47. The molecule has 1 heterocycles. The summed E-state index contributed by atoms with van der Waals surface area (Å²) in [6, 6.07) is 4.96. The lowest BCUT2D eigenvalue weighted by molar-refractivity contribution is -0.163. The molecule has 142 valence electrons. The largest absolute Gasteiger partial charge is 0.508 e. The minimum Gasteiger partial charge on any atom is -0.508 e. The number of nitrogens with one attached hydrogen (secondary N) is 1. The maximum absolute atomic E-state index is 12.4. The third kappa shape index (κ3) is 5.55. The van der Waals surface area contributed by atoms with Gasteiger partial charge in [-0.05, 0) is 36.4 Å². The van der Waals surface area contributed by atoms with E-state index in [2.05, 4.69) is 4.72 Å². The van der Waals surface area contributed by atoms with Crippen molar-refractivity contribution < 1.29 is 37.3 Å². The van der Waals surface area contributed by atoms with Crippen LogP contribution in [-0.4, -0.2) is 50.5 Å². The topological polar surface area (TPSA) is 128 Å². The molecule has 0 aromatic heterocycles. The number of ether oxygens (including phenoxy) is 3. The normalized spacial score (nSPS) is 22.6. The third-order valence-corrected chi connectivity index (χ3v) is 4.77. The summed E-state index contributed by atoms with van der Waals surface area (Å²) in [4.78, 5) is 22.1. The molecule has 0 saturated carbocycles. The molecular weight excluding hydrogens is 366 g/mol. The Labute approximate surface area is 150 Å². The standard InChI is InChI=1S/C16H19NO8S/c1-10(18)23-9-15-14(24-11(2)19)7-8-16(25-15)17-26(21,22)13-5-3-12(20)4-6-13/h3-8,14-17,20H,9H2,1-2H3/t14-,15-,16-/m1/s1. The van der Waals surface area contributed by atoms with E-state index < -0.39 is 40.4 Å². The minimum atomic E-state index is -3.92. The highest BCUT2D eigenvalue weighted by atomic mass is 32.2. The van der Waals surface area contributed by atoms with Gasteiger partial charge in [0.1, 0.15) is 30.8 Å². The number of esters is 2. The predicted octanol–water partition coefficient (Wildman–Crippen LogP) is 0.446. The van der Waals surface area contributed by atoms with Gasteiger partial charge in [0, 0.05) is 13.8 Å². The summed E-state index contributed by atoms with van der Waals surface area (Å²) in [7, 11) is -3.92. The van der Waals surface area contributed by atoms with Gasteiger partial charge in [-0.3, -0.25) is 9.59 Å². The molecule has 0 aliphatic carbocycles. The Hall–Kier alpha value is -2.43. The van der Waals surface area contributed by atoms with E-state index in [4.69, 9.17) is 14.2 Å². The number of hydrogen-bond donors (Lipinski definition) is 2. The third-order valence-electron chi connectivity index (χ3n) is 3.33. The van der Waals surface area contributed by atoms with Crippen LogP contribution in [0.5, 0.6) is 5.75 Å². The molecular formula is C16H19NO8S. The number of carbonyl (C=O) groups is 2. The molecule has 10 heteroatoms. The van der Waals surface area contributed by atoms with Crippen molar-refractivity contribution in [2.75, 3.05) is 6.61 Å². The summed E-state index contributed by atoms with van der Waals surface area (Å²) in [5, 5.41) is 9.25. The molecule has 0 spiro atoms. The van der Waals surface area contributed by atoms with Gasteiger partial charge in [0.15, 0.2) is 0 Å². The number of phenols is 1. The van der Waals surface area contributed by atoms with E-state index in [0.717, 1.165) is 0 Å². The number of aromatic hydroxyl groups is 1. The molecule has 0 bridgehead atoms. The zero-order valence-corrected chi connectivity index (χ0v) is 14.9. The highest BCUT2D eigenvalue weighted by Gasteiger charge is 2.32. The molecule has 26 heavy (non-hydrogen) atoms. The fourth-order valence-electron chi connectivity index (χ4n) is 2.20. The van der Waals surface area contributed by atoms with Crippen LogP contribution in [0.4, 0.5) is 0 Å². The Kier molecular flexibility index (Phi) is 6.35. The van der Waals surface area contributed by atoms with Crippen molar-refractivity contribution in [2.24, 2.45) is 0 Å². The summed E-state index contributed by atoms with van der Waals surface area (Å²) < 4.78 is 42.5. The molecule has 0 radical (unpaired) electrons. The molecule has 9 nitrogen and oxygen atoms in total. The quantitative estimate of drug-likeness (QED) is 0.533. The van der Waals surface area contributed by atoms with Crippen LogP contribution in [-0.2, 0) is 33.8 Å². The molecule has 0 saturated heterocycles. The van der Waals surface area contributed by atoms with Crippen molar-refractivity contribution in [3.05, 3.63) is 36.4 Å². The van der Waals surface area contributed by atoms with Crippen molar-refractivity contribution >= 4 is 22.0 Å². The lowest BCUT2D eigenvalue weighted by atomic mass is 10.1. The van der Waals surface area contributed by atoms with Gasteiger partial charge in [-0.2, -0.15) is 4.72 Å². The molecule has 0 unspecified atom stereocenters. The Balaban J connectivity index is 2.12. The van der Waals surface area contributed by atoms with Crippen LogP contribution in [0.25, 0.3) is 0 Å². The van der Waals surface area contributed by atoms with Crippen LogP contribution in [0.2, 0.25) is 0 Å². The van der Waals surface area contributed by atoms with Gasteiger partial charge in [0.25, 0.3) is 0 Å². The Morgan fingerprint density at radius 3 is 2.38 bits per heavy atom. The van der Waals surface area contributed by atoms with E-state index >= 15 is 0 Å². The molecule has 1 aliphatic heterocycles. The van der Waals surface area contributed by atoms with Crippen LogP contribution >= 0.6 is 0 Å². The highest BCUT2D eigenvalue weighted by Crippen LogP contribution is 2.19. The van der Waals surface area contributed by atoms with Crippen LogP contribution < -0.4 is 4.72 Å². The maximum atomic E-state index is 12.4. The lowest BCUT2D eigenvalue weighted by Crippen LogP contribution is -2.47. The van der Waals surface area contributed by atoms with E-state index in [1.165, 1.54) is 50.3 Å². The summed E-state index contributed by atoms with van der Waals surface area (Å²) >= 11 is 0. The summed E-state index contributed by atoms with van der Waals surface area (Å²) in [6.07, 6.45) is 0.0987. The molecule has 1 aromatic carbocycles. The number of hydrogen-bond acceptors (Lipinski definition) is 8. The SMILES string of the molecule is CC(=O)OC[C@H]1O[C@@H](NS(=O)(=O)c2ccc(O)cc2)C=C[C@H]1OC(C)=O. The number of rotatable bonds is 6. The van der Waals surface area contributed by atoms with Gasteiger partial charge < -0.3 is 19.3 Å². The van der Waals surface area contributed by atoms with E-state index in [0.29, 0.717) is 0 Å². The van der Waals surface area contributed by atoms with Crippen LogP contribution in [0.15, 0.2) is 41.3 Å².